The quantitative estimate of drug-likeness (QED) is 0.918. The van der Waals surface area contributed by atoms with Crippen molar-refractivity contribution < 1.29 is 9.21 Å². The molecule has 1 atom stereocenters. The van der Waals surface area contributed by atoms with Crippen molar-refractivity contribution in [1.29, 1.82) is 0 Å². The molecule has 0 unspecified atom stereocenters. The average molecular weight is 314 g/mol. The van der Waals surface area contributed by atoms with E-state index >= 15 is 0 Å². The topological polar surface area (TPSA) is 63.3 Å². The van der Waals surface area contributed by atoms with Gasteiger partial charge in [0.1, 0.15) is 11.6 Å². The van der Waals surface area contributed by atoms with Crippen LogP contribution in [0.3, 0.4) is 0 Å². The largest absolute Gasteiger partial charge is 0.468 e. The zero-order valence-corrected chi connectivity index (χ0v) is 13.4. The van der Waals surface area contributed by atoms with Crippen LogP contribution in [0.2, 0.25) is 0 Å². The number of carbonyl (C=O) groups excluding carboxylic acids is 1. The van der Waals surface area contributed by atoms with Crippen molar-refractivity contribution >= 4 is 5.91 Å². The van der Waals surface area contributed by atoms with Gasteiger partial charge in [0.2, 0.25) is 5.91 Å². The zero-order chi connectivity index (χ0) is 15.8. The molecule has 6 heteroatoms. The second-order valence-electron chi connectivity index (χ2n) is 6.48. The molecule has 4 rings (SSSR count). The molecule has 1 aliphatic carbocycles. The molecule has 2 aromatic heterocycles. The van der Waals surface area contributed by atoms with Gasteiger partial charge in [-0.05, 0) is 31.9 Å². The highest BCUT2D eigenvalue weighted by Gasteiger charge is 2.30. The third kappa shape index (κ3) is 2.91. The summed E-state index contributed by atoms with van der Waals surface area (Å²) in [5.41, 5.74) is 1.10. The first-order valence-electron chi connectivity index (χ1n) is 8.31. The molecule has 1 fully saturated rings. The number of imidazole rings is 1. The van der Waals surface area contributed by atoms with Crippen LogP contribution in [0.1, 0.15) is 43.1 Å². The van der Waals surface area contributed by atoms with Gasteiger partial charge < -0.3 is 14.3 Å². The smallest absolute Gasteiger partial charge is 0.223 e. The van der Waals surface area contributed by atoms with Crippen LogP contribution in [0.5, 0.6) is 0 Å². The summed E-state index contributed by atoms with van der Waals surface area (Å²) < 4.78 is 7.70. The van der Waals surface area contributed by atoms with Crippen molar-refractivity contribution in [2.45, 2.75) is 45.4 Å². The number of hydrogen-bond acceptors (Lipinski definition) is 4. The average Bonchev–Trinajstić information content (AvgIpc) is 3.13. The molecule has 122 valence electrons. The standard InChI is InChI=1S/C17H22N4O2/c1-12-16-18-9-14(10-19-17(22)13-4-5-13)21(16)7-6-20(12)11-15-3-2-8-23-15/h2-3,8-9,12-13H,4-7,10-11H2,1H3,(H,19,22)/t12-/m0/s1. The van der Waals surface area contributed by atoms with E-state index in [1.165, 1.54) is 0 Å². The van der Waals surface area contributed by atoms with Crippen LogP contribution in [0, 0.1) is 5.92 Å². The highest BCUT2D eigenvalue weighted by Crippen LogP contribution is 2.29. The van der Waals surface area contributed by atoms with Gasteiger partial charge in [-0.25, -0.2) is 4.98 Å². The van der Waals surface area contributed by atoms with E-state index < -0.39 is 0 Å². The highest BCUT2D eigenvalue weighted by atomic mass is 16.3. The Labute approximate surface area is 135 Å². The van der Waals surface area contributed by atoms with E-state index in [-0.39, 0.29) is 17.9 Å². The van der Waals surface area contributed by atoms with Gasteiger partial charge in [0.25, 0.3) is 0 Å². The molecule has 0 radical (unpaired) electrons. The predicted octanol–water partition coefficient (Wildman–Crippen LogP) is 2.08. The van der Waals surface area contributed by atoms with E-state index in [0.29, 0.717) is 6.54 Å². The predicted molar refractivity (Wildman–Crippen MR) is 84.3 cm³/mol. The van der Waals surface area contributed by atoms with Gasteiger partial charge in [0.15, 0.2) is 0 Å². The van der Waals surface area contributed by atoms with Crippen molar-refractivity contribution in [2.75, 3.05) is 6.54 Å². The number of carbonyl (C=O) groups is 1. The van der Waals surface area contributed by atoms with E-state index in [9.17, 15) is 4.79 Å². The van der Waals surface area contributed by atoms with E-state index in [1.807, 2.05) is 18.3 Å². The Hall–Kier alpha value is -2.08. The molecule has 1 amide bonds. The molecule has 0 bridgehead atoms. The monoisotopic (exact) mass is 314 g/mol. The zero-order valence-electron chi connectivity index (χ0n) is 13.4. The summed E-state index contributed by atoms with van der Waals surface area (Å²) >= 11 is 0. The number of nitrogens with zero attached hydrogens (tertiary/aromatic N) is 3. The molecule has 1 saturated carbocycles. The Morgan fingerprint density at radius 2 is 2.30 bits per heavy atom. The maximum Gasteiger partial charge on any atom is 0.223 e. The number of rotatable bonds is 5. The minimum Gasteiger partial charge on any atom is -0.468 e. The summed E-state index contributed by atoms with van der Waals surface area (Å²) in [4.78, 5) is 18.8. The van der Waals surface area contributed by atoms with Crippen molar-refractivity contribution in [3.63, 3.8) is 0 Å². The molecule has 23 heavy (non-hydrogen) atoms. The molecule has 0 saturated heterocycles. The van der Waals surface area contributed by atoms with E-state index in [0.717, 1.165) is 49.8 Å². The van der Waals surface area contributed by atoms with Crippen LogP contribution < -0.4 is 5.32 Å². The van der Waals surface area contributed by atoms with E-state index in [1.54, 1.807) is 6.26 Å². The minimum absolute atomic E-state index is 0.184. The van der Waals surface area contributed by atoms with Crippen LogP contribution in [0.25, 0.3) is 0 Å². The molecule has 2 aromatic rings. The number of amides is 1. The van der Waals surface area contributed by atoms with Gasteiger partial charge in [-0.2, -0.15) is 0 Å². The van der Waals surface area contributed by atoms with Crippen molar-refractivity contribution in [3.8, 4) is 0 Å². The fourth-order valence-electron chi connectivity index (χ4n) is 3.23. The summed E-state index contributed by atoms with van der Waals surface area (Å²) in [6.07, 6.45) is 5.69. The van der Waals surface area contributed by atoms with Gasteiger partial charge >= 0.3 is 0 Å². The molecule has 0 spiro atoms. The molecule has 2 aliphatic rings. The molecule has 1 N–H and O–H groups in total. The van der Waals surface area contributed by atoms with E-state index in [2.05, 4.69) is 26.7 Å². The van der Waals surface area contributed by atoms with Gasteiger partial charge in [0, 0.05) is 19.0 Å². The van der Waals surface area contributed by atoms with Crippen LogP contribution >= 0.6 is 0 Å². The lowest BCUT2D eigenvalue weighted by Gasteiger charge is -2.33. The summed E-state index contributed by atoms with van der Waals surface area (Å²) in [6, 6.07) is 4.17. The highest BCUT2D eigenvalue weighted by molar-refractivity contribution is 5.80. The van der Waals surface area contributed by atoms with Gasteiger partial charge in [-0.15, -0.1) is 0 Å². The second-order valence-corrected chi connectivity index (χ2v) is 6.48. The molecule has 0 aromatic carbocycles. The number of fused-ring (bicyclic) bond motifs is 1. The number of nitrogens with one attached hydrogen (secondary N) is 1. The minimum atomic E-state index is 0.184. The van der Waals surface area contributed by atoms with Crippen molar-refractivity contribution in [1.82, 2.24) is 19.8 Å². The van der Waals surface area contributed by atoms with Crippen LogP contribution in [-0.2, 0) is 24.4 Å². The number of hydrogen-bond donors (Lipinski definition) is 1. The van der Waals surface area contributed by atoms with Crippen molar-refractivity contribution in [2.24, 2.45) is 5.92 Å². The lowest BCUT2D eigenvalue weighted by Crippen LogP contribution is -2.37. The number of aromatic nitrogens is 2. The third-order valence-electron chi connectivity index (χ3n) is 4.83. The van der Waals surface area contributed by atoms with Crippen LogP contribution in [-0.4, -0.2) is 26.9 Å². The summed E-state index contributed by atoms with van der Waals surface area (Å²) in [6.45, 7) is 5.40. The van der Waals surface area contributed by atoms with Crippen LogP contribution in [0.4, 0.5) is 0 Å². The van der Waals surface area contributed by atoms with E-state index in [4.69, 9.17) is 4.42 Å². The molecular formula is C17H22N4O2. The maximum atomic E-state index is 11.8. The lowest BCUT2D eigenvalue weighted by atomic mass is 10.2. The summed E-state index contributed by atoms with van der Waals surface area (Å²) in [5, 5.41) is 3.03. The second kappa shape index (κ2) is 5.85. The van der Waals surface area contributed by atoms with Gasteiger partial charge in [-0.1, -0.05) is 0 Å². The summed E-state index contributed by atoms with van der Waals surface area (Å²) in [7, 11) is 0. The Bertz CT molecular complexity index is 688. The Balaban J connectivity index is 1.43. The SMILES string of the molecule is C[C@H]1c2ncc(CNC(=O)C3CC3)n2CCN1Cc1ccco1. The lowest BCUT2D eigenvalue weighted by molar-refractivity contribution is -0.122. The fraction of sp³-hybridized carbons (Fsp3) is 0.529. The molecule has 6 nitrogen and oxygen atoms in total. The normalized spacial score (nSPS) is 21.2. The summed E-state index contributed by atoms with van der Waals surface area (Å²) in [5.74, 6) is 2.48. The number of furan rings is 1. The first kappa shape index (κ1) is 14.5. The Morgan fingerprint density at radius 1 is 1.43 bits per heavy atom. The molecule has 1 aliphatic heterocycles. The molecular weight excluding hydrogens is 292 g/mol. The van der Waals surface area contributed by atoms with Gasteiger partial charge in [-0.3, -0.25) is 9.69 Å². The maximum absolute atomic E-state index is 11.8. The first-order chi connectivity index (χ1) is 11.2. The van der Waals surface area contributed by atoms with Crippen LogP contribution in [0.15, 0.2) is 29.0 Å². The fourth-order valence-corrected chi connectivity index (χ4v) is 3.23. The third-order valence-corrected chi connectivity index (χ3v) is 4.83. The first-order valence-corrected chi connectivity index (χ1v) is 8.31. The van der Waals surface area contributed by atoms with Crippen molar-refractivity contribution in [3.05, 3.63) is 41.9 Å². The Morgan fingerprint density at radius 3 is 3.04 bits per heavy atom. The Kier molecular flexibility index (Phi) is 3.69. The molecule has 3 heterocycles. The van der Waals surface area contributed by atoms with Gasteiger partial charge in [0.05, 0.1) is 37.3 Å².